The highest BCUT2D eigenvalue weighted by atomic mass is 19.1. The van der Waals surface area contributed by atoms with Crippen LogP contribution >= 0.6 is 0 Å². The van der Waals surface area contributed by atoms with E-state index in [2.05, 4.69) is 0 Å². The molecule has 0 unspecified atom stereocenters. The molecule has 0 radical (unpaired) electrons. The SMILES string of the molecule is C[C@@]1(C(=O)O)c2cc(CN3CC[C@@H](F)C3)c(F)cc2C[C@@H]1CCCB(O)O. The van der Waals surface area contributed by atoms with Crippen molar-refractivity contribution in [3.8, 4) is 0 Å². The summed E-state index contributed by atoms with van der Waals surface area (Å²) >= 11 is 0. The molecular weight excluding hydrogens is 355 g/mol. The van der Waals surface area contributed by atoms with Crippen LogP contribution in [0, 0.1) is 11.7 Å². The molecule has 0 bridgehead atoms. The molecule has 1 aromatic rings. The van der Waals surface area contributed by atoms with Crippen molar-refractivity contribution in [3.63, 3.8) is 0 Å². The number of halogens is 2. The minimum absolute atomic E-state index is 0.182. The van der Waals surface area contributed by atoms with E-state index in [0.29, 0.717) is 48.9 Å². The van der Waals surface area contributed by atoms with Gasteiger partial charge in [0.2, 0.25) is 0 Å². The number of aliphatic carboxylic acids is 1. The topological polar surface area (TPSA) is 81.0 Å². The van der Waals surface area contributed by atoms with Gasteiger partial charge in [-0.2, -0.15) is 0 Å². The second-order valence-corrected chi connectivity index (χ2v) is 8.04. The van der Waals surface area contributed by atoms with Gasteiger partial charge in [-0.05, 0) is 55.6 Å². The molecule has 0 aromatic heterocycles. The van der Waals surface area contributed by atoms with Gasteiger partial charge in [0.15, 0.2) is 0 Å². The number of alkyl halides is 1. The third-order valence-corrected chi connectivity index (χ3v) is 6.18. The normalized spacial score (nSPS) is 27.7. The van der Waals surface area contributed by atoms with Crippen LogP contribution in [0.3, 0.4) is 0 Å². The summed E-state index contributed by atoms with van der Waals surface area (Å²) in [5.41, 5.74) is 0.574. The fraction of sp³-hybridized carbons (Fsp3) is 0.632. The molecular formula is C19H26BF2NO4. The van der Waals surface area contributed by atoms with Crippen molar-refractivity contribution in [1.29, 1.82) is 0 Å². The van der Waals surface area contributed by atoms with Gasteiger partial charge in [0.25, 0.3) is 0 Å². The Morgan fingerprint density at radius 3 is 2.74 bits per heavy atom. The van der Waals surface area contributed by atoms with E-state index in [4.69, 9.17) is 10.0 Å². The summed E-state index contributed by atoms with van der Waals surface area (Å²) in [7, 11) is -1.41. The summed E-state index contributed by atoms with van der Waals surface area (Å²) in [6, 6.07) is 3.07. The maximum Gasteiger partial charge on any atom is 0.451 e. The fourth-order valence-corrected chi connectivity index (χ4v) is 4.52. The first-order valence-corrected chi connectivity index (χ1v) is 9.49. The summed E-state index contributed by atoms with van der Waals surface area (Å²) in [5.74, 6) is -1.58. The number of carboxylic acids is 1. The fourth-order valence-electron chi connectivity index (χ4n) is 4.52. The van der Waals surface area contributed by atoms with E-state index in [1.807, 2.05) is 4.90 Å². The Hall–Kier alpha value is -1.51. The number of hydrogen-bond donors (Lipinski definition) is 3. The lowest BCUT2D eigenvalue weighted by molar-refractivity contribution is -0.145. The number of benzene rings is 1. The van der Waals surface area contributed by atoms with Crippen molar-refractivity contribution in [1.82, 2.24) is 4.90 Å². The quantitative estimate of drug-likeness (QED) is 0.631. The van der Waals surface area contributed by atoms with Crippen molar-refractivity contribution in [2.45, 2.75) is 57.1 Å². The number of hydrogen-bond acceptors (Lipinski definition) is 4. The maximum atomic E-state index is 14.6. The largest absolute Gasteiger partial charge is 0.481 e. The highest BCUT2D eigenvalue weighted by Crippen LogP contribution is 2.46. The number of rotatable bonds is 7. The van der Waals surface area contributed by atoms with Crippen LogP contribution in [0.15, 0.2) is 12.1 Å². The number of carboxylic acid groups (broad SMARTS) is 1. The minimum atomic E-state index is -1.41. The van der Waals surface area contributed by atoms with E-state index in [0.717, 1.165) is 0 Å². The molecule has 8 heteroatoms. The number of likely N-dealkylation sites (tertiary alicyclic amines) is 1. The van der Waals surface area contributed by atoms with Crippen LogP contribution in [0.25, 0.3) is 0 Å². The van der Waals surface area contributed by atoms with Gasteiger partial charge in [-0.3, -0.25) is 9.69 Å². The second-order valence-electron chi connectivity index (χ2n) is 8.04. The minimum Gasteiger partial charge on any atom is -0.481 e. The van der Waals surface area contributed by atoms with Crippen molar-refractivity contribution in [2.24, 2.45) is 5.92 Å². The first-order chi connectivity index (χ1) is 12.7. The third kappa shape index (κ3) is 4.02. The van der Waals surface area contributed by atoms with Gasteiger partial charge in [0, 0.05) is 25.2 Å². The van der Waals surface area contributed by atoms with E-state index >= 15 is 0 Å². The van der Waals surface area contributed by atoms with Crippen LogP contribution in [0.1, 0.15) is 42.9 Å². The molecule has 0 amide bonds. The summed E-state index contributed by atoms with van der Waals surface area (Å²) in [4.78, 5) is 14.0. The Morgan fingerprint density at radius 2 is 2.15 bits per heavy atom. The lowest BCUT2D eigenvalue weighted by Crippen LogP contribution is -2.37. The van der Waals surface area contributed by atoms with E-state index in [9.17, 15) is 18.7 Å². The van der Waals surface area contributed by atoms with Crippen molar-refractivity contribution in [2.75, 3.05) is 13.1 Å². The van der Waals surface area contributed by atoms with Gasteiger partial charge in [0.05, 0.1) is 5.41 Å². The Bertz CT molecular complexity index is 717. The highest BCUT2D eigenvalue weighted by molar-refractivity contribution is 6.40. The van der Waals surface area contributed by atoms with E-state index < -0.39 is 24.7 Å². The van der Waals surface area contributed by atoms with Gasteiger partial charge in [0.1, 0.15) is 12.0 Å². The third-order valence-electron chi connectivity index (χ3n) is 6.18. The van der Waals surface area contributed by atoms with E-state index in [-0.39, 0.29) is 31.1 Å². The molecule has 1 aliphatic carbocycles. The lowest BCUT2D eigenvalue weighted by Gasteiger charge is -2.29. The monoisotopic (exact) mass is 381 g/mol. The van der Waals surface area contributed by atoms with Crippen LogP contribution in [0.5, 0.6) is 0 Å². The van der Waals surface area contributed by atoms with Gasteiger partial charge in [-0.25, -0.2) is 8.78 Å². The van der Waals surface area contributed by atoms with Crippen LogP contribution < -0.4 is 0 Å². The van der Waals surface area contributed by atoms with E-state index in [1.54, 1.807) is 13.0 Å². The standard InChI is InChI=1S/C19H26BF2NO4/c1-19(18(24)25)14(3-2-5-20(26)27)7-12-9-17(22)13(8-16(12)19)10-23-6-4-15(21)11-23/h8-9,14-15,26-27H,2-7,10-11H2,1H3,(H,24,25)/t14-,15+,19-/m0/s1. The number of fused-ring (bicyclic) bond motifs is 1. The molecule has 27 heavy (non-hydrogen) atoms. The first-order valence-electron chi connectivity index (χ1n) is 9.49. The van der Waals surface area contributed by atoms with Crippen LogP contribution in [-0.4, -0.2) is 52.4 Å². The van der Waals surface area contributed by atoms with Crippen molar-refractivity contribution >= 4 is 13.1 Å². The summed E-state index contributed by atoms with van der Waals surface area (Å²) in [6.45, 7) is 2.78. The molecule has 1 aromatic carbocycles. The molecule has 1 heterocycles. The smallest absolute Gasteiger partial charge is 0.451 e. The maximum absolute atomic E-state index is 14.6. The molecule has 1 aliphatic heterocycles. The van der Waals surface area contributed by atoms with Gasteiger partial charge >= 0.3 is 13.1 Å². The molecule has 3 N–H and O–H groups in total. The zero-order valence-corrected chi connectivity index (χ0v) is 15.5. The Morgan fingerprint density at radius 1 is 1.41 bits per heavy atom. The highest BCUT2D eigenvalue weighted by Gasteiger charge is 2.49. The molecule has 3 rings (SSSR count). The predicted molar refractivity (Wildman–Crippen MR) is 97.6 cm³/mol. The molecule has 0 spiro atoms. The Balaban J connectivity index is 1.85. The summed E-state index contributed by atoms with van der Waals surface area (Å²) in [6.07, 6.45) is 1.19. The Labute approximate surface area is 158 Å². The van der Waals surface area contributed by atoms with E-state index in [1.165, 1.54) is 6.07 Å². The predicted octanol–water partition coefficient (Wildman–Crippen LogP) is 2.14. The number of nitrogens with zero attached hydrogens (tertiary/aromatic N) is 1. The zero-order chi connectivity index (χ0) is 19.8. The van der Waals surface area contributed by atoms with Crippen molar-refractivity contribution in [3.05, 3.63) is 34.6 Å². The van der Waals surface area contributed by atoms with Gasteiger partial charge in [-0.1, -0.05) is 12.5 Å². The average molecular weight is 381 g/mol. The Kier molecular flexibility index (Phi) is 5.89. The molecule has 0 saturated carbocycles. The molecule has 1 fully saturated rings. The first kappa shape index (κ1) is 20.2. The molecule has 148 valence electrons. The van der Waals surface area contributed by atoms with Crippen LogP contribution in [0.4, 0.5) is 8.78 Å². The molecule has 1 saturated heterocycles. The number of carbonyl (C=O) groups is 1. The summed E-state index contributed by atoms with van der Waals surface area (Å²) < 4.78 is 28.0. The molecule has 2 aliphatic rings. The molecule has 5 nitrogen and oxygen atoms in total. The summed E-state index contributed by atoms with van der Waals surface area (Å²) in [5, 5.41) is 28.0. The molecule has 3 atom stereocenters. The lowest BCUT2D eigenvalue weighted by atomic mass is 9.72. The zero-order valence-electron chi connectivity index (χ0n) is 15.5. The van der Waals surface area contributed by atoms with Crippen molar-refractivity contribution < 1.29 is 28.7 Å². The van der Waals surface area contributed by atoms with Gasteiger partial charge < -0.3 is 15.2 Å². The second kappa shape index (κ2) is 7.85. The van der Waals surface area contributed by atoms with Crippen LogP contribution in [-0.2, 0) is 23.2 Å². The average Bonchev–Trinajstić information content (AvgIpc) is 3.10. The van der Waals surface area contributed by atoms with Gasteiger partial charge in [-0.15, -0.1) is 0 Å². The van der Waals surface area contributed by atoms with Crippen LogP contribution in [0.2, 0.25) is 6.32 Å².